The van der Waals surface area contributed by atoms with Crippen molar-refractivity contribution < 1.29 is 24.2 Å². The van der Waals surface area contributed by atoms with Gasteiger partial charge in [0.05, 0.1) is 32.9 Å². The number of ether oxygens (including phenoxy) is 2. The molecule has 150 valence electrons. The fourth-order valence-corrected chi connectivity index (χ4v) is 3.36. The summed E-state index contributed by atoms with van der Waals surface area (Å²) in [6.07, 6.45) is 2.86. The van der Waals surface area contributed by atoms with E-state index in [2.05, 4.69) is 10.4 Å². The molecule has 3 rings (SSSR count). The molecular formula is C19H24N4O5. The number of aliphatic carboxylic acids is 1. The maximum absolute atomic E-state index is 12.6. The molecule has 1 fully saturated rings. The van der Waals surface area contributed by atoms with Gasteiger partial charge >= 0.3 is 12.0 Å². The van der Waals surface area contributed by atoms with Crippen LogP contribution in [-0.2, 0) is 11.3 Å². The minimum atomic E-state index is -0.868. The second kappa shape index (κ2) is 8.64. The van der Waals surface area contributed by atoms with Crippen LogP contribution in [-0.4, -0.2) is 59.1 Å². The minimum absolute atomic E-state index is 0.207. The highest BCUT2D eigenvalue weighted by atomic mass is 16.5. The van der Waals surface area contributed by atoms with Crippen molar-refractivity contribution in [2.24, 2.45) is 5.92 Å². The smallest absolute Gasteiger partial charge is 0.323 e. The van der Waals surface area contributed by atoms with Crippen molar-refractivity contribution in [3.63, 3.8) is 0 Å². The fourth-order valence-electron chi connectivity index (χ4n) is 3.36. The van der Waals surface area contributed by atoms with Gasteiger partial charge in [0.1, 0.15) is 5.82 Å². The molecule has 1 saturated heterocycles. The standard InChI is InChI=1S/C19H24N4O5/c1-27-15-7-3-5-13(17(15)28-2)12-23-16(8-9-20-23)21-19(26)22-10-4-6-14(11-22)18(24)25/h3,5,7-9,14H,4,6,10-12H2,1-2H3,(H,21,26)(H,24,25). The first kappa shape index (κ1) is 19.5. The third-order valence-electron chi connectivity index (χ3n) is 4.81. The first-order valence-corrected chi connectivity index (χ1v) is 9.04. The van der Waals surface area contributed by atoms with E-state index in [-0.39, 0.29) is 12.6 Å². The van der Waals surface area contributed by atoms with Crippen LogP contribution >= 0.6 is 0 Å². The van der Waals surface area contributed by atoms with Crippen molar-refractivity contribution >= 4 is 17.8 Å². The molecule has 9 heteroatoms. The van der Waals surface area contributed by atoms with E-state index in [1.807, 2.05) is 18.2 Å². The highest BCUT2D eigenvalue weighted by molar-refractivity contribution is 5.89. The summed E-state index contributed by atoms with van der Waals surface area (Å²) >= 11 is 0. The molecule has 9 nitrogen and oxygen atoms in total. The molecule has 2 aromatic rings. The number of carbonyl (C=O) groups excluding carboxylic acids is 1. The Balaban J connectivity index is 1.72. The number of carboxylic acid groups (broad SMARTS) is 1. The number of hydrogen-bond acceptors (Lipinski definition) is 5. The Kier molecular flexibility index (Phi) is 6.03. The van der Waals surface area contributed by atoms with Crippen molar-refractivity contribution in [3.8, 4) is 11.5 Å². The molecule has 1 aliphatic heterocycles. The third-order valence-corrected chi connectivity index (χ3v) is 4.81. The number of para-hydroxylation sites is 1. The van der Waals surface area contributed by atoms with Gasteiger partial charge in [0.15, 0.2) is 11.5 Å². The van der Waals surface area contributed by atoms with Gasteiger partial charge in [0.2, 0.25) is 0 Å². The Bertz CT molecular complexity index is 851. The van der Waals surface area contributed by atoms with E-state index in [4.69, 9.17) is 9.47 Å². The summed E-state index contributed by atoms with van der Waals surface area (Å²) in [5, 5.41) is 16.3. The molecule has 1 unspecified atom stereocenters. The van der Waals surface area contributed by atoms with Crippen molar-refractivity contribution in [3.05, 3.63) is 36.0 Å². The number of urea groups is 1. The van der Waals surface area contributed by atoms with Gasteiger partial charge < -0.3 is 19.5 Å². The van der Waals surface area contributed by atoms with Crippen LogP contribution in [0.4, 0.5) is 10.6 Å². The molecule has 2 amide bonds. The van der Waals surface area contributed by atoms with Gasteiger partial charge in [-0.2, -0.15) is 5.10 Å². The lowest BCUT2D eigenvalue weighted by Gasteiger charge is -2.30. The van der Waals surface area contributed by atoms with Crippen LogP contribution in [0, 0.1) is 5.92 Å². The summed E-state index contributed by atoms with van der Waals surface area (Å²) in [6, 6.07) is 6.94. The second-order valence-corrected chi connectivity index (χ2v) is 6.58. The predicted octanol–water partition coefficient (Wildman–Crippen LogP) is 2.28. The van der Waals surface area contributed by atoms with Gasteiger partial charge in [-0.15, -0.1) is 0 Å². The largest absolute Gasteiger partial charge is 0.493 e. The third kappa shape index (κ3) is 4.19. The molecular weight excluding hydrogens is 364 g/mol. The molecule has 0 spiro atoms. The Morgan fingerprint density at radius 1 is 1.29 bits per heavy atom. The molecule has 2 N–H and O–H groups in total. The predicted molar refractivity (Wildman–Crippen MR) is 102 cm³/mol. The van der Waals surface area contributed by atoms with Crippen LogP contribution in [0.25, 0.3) is 0 Å². The zero-order valence-electron chi connectivity index (χ0n) is 15.9. The number of likely N-dealkylation sites (tertiary alicyclic amines) is 1. The fraction of sp³-hybridized carbons (Fsp3) is 0.421. The van der Waals surface area contributed by atoms with E-state index in [0.717, 1.165) is 5.56 Å². The molecule has 28 heavy (non-hydrogen) atoms. The van der Waals surface area contributed by atoms with Gasteiger partial charge in [0, 0.05) is 24.7 Å². The van der Waals surface area contributed by atoms with E-state index in [9.17, 15) is 14.7 Å². The van der Waals surface area contributed by atoms with Crippen LogP contribution in [0.3, 0.4) is 0 Å². The Morgan fingerprint density at radius 2 is 2.11 bits per heavy atom. The molecule has 0 saturated carbocycles. The highest BCUT2D eigenvalue weighted by Crippen LogP contribution is 2.31. The van der Waals surface area contributed by atoms with Gasteiger partial charge in [-0.1, -0.05) is 12.1 Å². The maximum Gasteiger partial charge on any atom is 0.323 e. The monoisotopic (exact) mass is 388 g/mol. The van der Waals surface area contributed by atoms with Crippen LogP contribution < -0.4 is 14.8 Å². The Morgan fingerprint density at radius 3 is 2.82 bits per heavy atom. The zero-order valence-corrected chi connectivity index (χ0v) is 15.9. The number of nitrogens with one attached hydrogen (secondary N) is 1. The van der Waals surface area contributed by atoms with E-state index in [1.165, 1.54) is 4.90 Å². The first-order valence-electron chi connectivity index (χ1n) is 9.04. The summed E-state index contributed by atoms with van der Waals surface area (Å²) in [4.78, 5) is 25.3. The molecule has 1 atom stereocenters. The number of carboxylic acids is 1. The molecule has 0 aliphatic carbocycles. The average molecular weight is 388 g/mol. The number of piperidine rings is 1. The van der Waals surface area contributed by atoms with Gasteiger partial charge in [0.25, 0.3) is 0 Å². The van der Waals surface area contributed by atoms with Crippen LogP contribution in [0.1, 0.15) is 18.4 Å². The second-order valence-electron chi connectivity index (χ2n) is 6.58. The number of amides is 2. The van der Waals surface area contributed by atoms with Crippen molar-refractivity contribution in [2.45, 2.75) is 19.4 Å². The molecule has 0 radical (unpaired) electrons. The lowest BCUT2D eigenvalue weighted by Crippen LogP contribution is -2.44. The number of aromatic nitrogens is 2. The molecule has 2 heterocycles. The zero-order chi connectivity index (χ0) is 20.1. The molecule has 1 aromatic carbocycles. The van der Waals surface area contributed by atoms with E-state index < -0.39 is 11.9 Å². The summed E-state index contributed by atoms with van der Waals surface area (Å²) in [5.74, 6) is 0.356. The van der Waals surface area contributed by atoms with E-state index >= 15 is 0 Å². The summed E-state index contributed by atoms with van der Waals surface area (Å²) in [6.45, 7) is 1.12. The van der Waals surface area contributed by atoms with Crippen molar-refractivity contribution in [2.75, 3.05) is 32.6 Å². The van der Waals surface area contributed by atoms with Crippen molar-refractivity contribution in [1.29, 1.82) is 0 Å². The summed E-state index contributed by atoms with van der Waals surface area (Å²) < 4.78 is 12.4. The lowest BCUT2D eigenvalue weighted by atomic mass is 9.99. The number of rotatable bonds is 6. The minimum Gasteiger partial charge on any atom is -0.493 e. The van der Waals surface area contributed by atoms with E-state index in [1.54, 1.807) is 31.2 Å². The Labute approximate surface area is 162 Å². The van der Waals surface area contributed by atoms with Gasteiger partial charge in [-0.05, 0) is 18.9 Å². The highest BCUT2D eigenvalue weighted by Gasteiger charge is 2.28. The average Bonchev–Trinajstić information content (AvgIpc) is 3.14. The summed E-state index contributed by atoms with van der Waals surface area (Å²) in [7, 11) is 3.15. The first-order chi connectivity index (χ1) is 13.5. The molecule has 1 aliphatic rings. The molecule has 1 aromatic heterocycles. The van der Waals surface area contributed by atoms with Crippen LogP contribution in [0.2, 0.25) is 0 Å². The normalized spacial score (nSPS) is 16.5. The number of nitrogens with zero attached hydrogens (tertiary/aromatic N) is 3. The number of benzene rings is 1. The maximum atomic E-state index is 12.6. The topological polar surface area (TPSA) is 106 Å². The van der Waals surface area contributed by atoms with Gasteiger partial charge in [-0.3, -0.25) is 10.1 Å². The summed E-state index contributed by atoms with van der Waals surface area (Å²) in [5.41, 5.74) is 0.852. The molecule has 0 bridgehead atoms. The number of hydrogen-bond donors (Lipinski definition) is 2. The quantitative estimate of drug-likeness (QED) is 0.786. The SMILES string of the molecule is COc1cccc(Cn2nccc2NC(=O)N2CCCC(C(=O)O)C2)c1OC. The lowest BCUT2D eigenvalue weighted by molar-refractivity contribution is -0.143. The number of anilines is 1. The van der Waals surface area contributed by atoms with Crippen LogP contribution in [0.15, 0.2) is 30.5 Å². The number of carbonyl (C=O) groups is 2. The van der Waals surface area contributed by atoms with E-state index in [0.29, 0.717) is 43.2 Å². The van der Waals surface area contributed by atoms with Crippen LogP contribution in [0.5, 0.6) is 11.5 Å². The van der Waals surface area contributed by atoms with Crippen molar-refractivity contribution in [1.82, 2.24) is 14.7 Å². The Hall–Kier alpha value is -3.23. The number of methoxy groups -OCH3 is 2. The van der Waals surface area contributed by atoms with Gasteiger partial charge in [-0.25, -0.2) is 9.48 Å².